The smallest absolute Gasteiger partial charge is 0.261 e. The molecule has 0 radical (unpaired) electrons. The summed E-state index contributed by atoms with van der Waals surface area (Å²) in [5.41, 5.74) is 1.87. The van der Waals surface area contributed by atoms with Gasteiger partial charge in [0, 0.05) is 44.0 Å². The van der Waals surface area contributed by atoms with Gasteiger partial charge in [0.15, 0.2) is 11.8 Å². The number of aryl methyl sites for hydroxylation is 1. The highest BCUT2D eigenvalue weighted by Gasteiger charge is 2.56. The van der Waals surface area contributed by atoms with Gasteiger partial charge in [-0.05, 0) is 84.4 Å². The maximum Gasteiger partial charge on any atom is 0.261 e. The molecule has 4 aliphatic rings. The van der Waals surface area contributed by atoms with Crippen LogP contribution >= 0.6 is 0 Å². The maximum atomic E-state index is 14.8. The molecule has 0 spiro atoms. The summed E-state index contributed by atoms with van der Waals surface area (Å²) in [5, 5.41) is 22.0. The summed E-state index contributed by atoms with van der Waals surface area (Å²) in [5.74, 6) is 3.23. The first kappa shape index (κ1) is 31.2. The van der Waals surface area contributed by atoms with Crippen LogP contribution in [0.4, 0.5) is 10.1 Å². The second-order valence-electron chi connectivity index (χ2n) is 14.0. The average molecular weight is 643 g/mol. The lowest BCUT2D eigenvalue weighted by molar-refractivity contribution is -0.108. The van der Waals surface area contributed by atoms with Crippen LogP contribution in [0.25, 0.3) is 22.6 Å². The number of nitrogens with one attached hydrogen (secondary N) is 3. The molecule has 3 saturated carbocycles. The highest BCUT2D eigenvalue weighted by atomic mass is 19.1. The van der Waals surface area contributed by atoms with Crippen LogP contribution in [-0.4, -0.2) is 79.9 Å². The summed E-state index contributed by atoms with van der Waals surface area (Å²) in [7, 11) is 1.49. The number of rotatable bonds is 7. The van der Waals surface area contributed by atoms with Gasteiger partial charge in [-0.15, -0.1) is 10.2 Å². The van der Waals surface area contributed by atoms with Gasteiger partial charge in [0.1, 0.15) is 11.6 Å². The van der Waals surface area contributed by atoms with Crippen LogP contribution in [0.15, 0.2) is 46.2 Å². The number of aliphatic imine (C=N–C) groups is 1. The largest absolute Gasteiger partial charge is 0.497 e. The molecule has 2 aromatic carbocycles. The van der Waals surface area contributed by atoms with Gasteiger partial charge in [-0.1, -0.05) is 26.8 Å². The zero-order chi connectivity index (χ0) is 32.9. The predicted molar refractivity (Wildman–Crippen MR) is 179 cm³/mol. The molecule has 2 bridgehead atoms. The van der Waals surface area contributed by atoms with Crippen molar-refractivity contribution in [2.24, 2.45) is 28.2 Å². The van der Waals surface area contributed by atoms with Gasteiger partial charge >= 0.3 is 0 Å². The van der Waals surface area contributed by atoms with E-state index in [9.17, 15) is 9.18 Å². The Morgan fingerprint density at radius 1 is 1.19 bits per heavy atom. The summed E-state index contributed by atoms with van der Waals surface area (Å²) < 4.78 is 21.4. The fraction of sp³-hybridized carbons (Fsp3) is 0.529. The van der Waals surface area contributed by atoms with Crippen molar-refractivity contribution in [3.05, 3.63) is 58.1 Å². The van der Waals surface area contributed by atoms with Crippen molar-refractivity contribution in [1.82, 2.24) is 40.4 Å². The molecular formula is C34H43FN10O2. The number of benzene rings is 2. The fourth-order valence-corrected chi connectivity index (χ4v) is 7.92. The summed E-state index contributed by atoms with van der Waals surface area (Å²) >= 11 is 0. The van der Waals surface area contributed by atoms with Crippen LogP contribution in [0.3, 0.4) is 0 Å². The van der Waals surface area contributed by atoms with Crippen molar-refractivity contribution >= 4 is 22.5 Å². The first-order valence-corrected chi connectivity index (χ1v) is 16.6. The number of tetrazole rings is 1. The molecule has 4 fully saturated rings. The van der Waals surface area contributed by atoms with Crippen LogP contribution in [0.1, 0.15) is 46.1 Å². The number of guanidine groups is 1. The Bertz CT molecular complexity index is 1860. The van der Waals surface area contributed by atoms with Crippen molar-refractivity contribution < 1.29 is 9.13 Å². The maximum absolute atomic E-state index is 14.8. The topological polar surface area (TPSA) is 138 Å². The fourth-order valence-electron chi connectivity index (χ4n) is 7.92. The number of aromatic nitrogens is 6. The Labute approximate surface area is 273 Å². The molecule has 1 saturated heterocycles. The lowest BCUT2D eigenvalue weighted by atomic mass is 9.45. The zero-order valence-electron chi connectivity index (χ0n) is 27.6. The van der Waals surface area contributed by atoms with Crippen LogP contribution in [0.5, 0.6) is 5.75 Å². The molecule has 4 aromatic rings. The molecule has 12 nitrogen and oxygen atoms in total. The normalized spacial score (nSPS) is 25.4. The number of methoxy groups -OCH3 is 1. The van der Waals surface area contributed by atoms with E-state index in [2.05, 4.69) is 63.9 Å². The van der Waals surface area contributed by atoms with Crippen LogP contribution in [0, 0.1) is 29.0 Å². The third kappa shape index (κ3) is 5.85. The number of H-pyrrole nitrogens is 1. The number of piperazine rings is 1. The number of hydrogen-bond donors (Lipinski definition) is 3. The number of ether oxygens (including phenoxy) is 1. The molecule has 3 N–H and O–H groups in total. The lowest BCUT2D eigenvalue weighted by Gasteiger charge is -2.61. The minimum atomic E-state index is -0.400. The van der Waals surface area contributed by atoms with E-state index in [1.807, 2.05) is 12.1 Å². The number of halogens is 1. The first-order valence-electron chi connectivity index (χ1n) is 16.6. The zero-order valence-corrected chi connectivity index (χ0v) is 27.6. The molecule has 0 amide bonds. The molecule has 13 heteroatoms. The first-order chi connectivity index (χ1) is 22.6. The number of fused-ring (bicyclic) bond motifs is 3. The minimum Gasteiger partial charge on any atom is -0.497 e. The Kier molecular flexibility index (Phi) is 8.19. The van der Waals surface area contributed by atoms with E-state index in [4.69, 9.17) is 14.7 Å². The van der Waals surface area contributed by atoms with Crippen molar-refractivity contribution in [3.63, 3.8) is 0 Å². The molecule has 248 valence electrons. The van der Waals surface area contributed by atoms with Gasteiger partial charge in [-0.2, -0.15) is 5.21 Å². The standard InChI is InChI=1S/C34H43FN10O2/c1-19-18-44(13-11-36-19)33(39-28-15-22-14-26(20(28)2)34(22,3)4)37-23-7-9-25-29(16-23)38-31(30-40-42-43-41-30)45(32(25)46)12-10-21-6-8-24(47-5)17-27(21)35/h6-9,16-17,19-20,22,26,28,36H,10-15,18H2,1-5H3,(H,37,39)(H,40,41,42,43)/t19-,20-,22+,26-,28-/m0/s1. The second-order valence-corrected chi connectivity index (χ2v) is 14.0. The van der Waals surface area contributed by atoms with Gasteiger partial charge in [0.25, 0.3) is 5.56 Å². The number of hydrogen-bond acceptors (Lipinski definition) is 8. The number of aromatic amines is 1. The Morgan fingerprint density at radius 2 is 2.04 bits per heavy atom. The van der Waals surface area contributed by atoms with Crippen molar-refractivity contribution in [2.75, 3.05) is 32.1 Å². The van der Waals surface area contributed by atoms with Gasteiger partial charge < -0.3 is 20.3 Å². The number of nitrogens with zero attached hydrogens (tertiary/aromatic N) is 7. The Morgan fingerprint density at radius 3 is 2.74 bits per heavy atom. The molecular weight excluding hydrogens is 599 g/mol. The number of anilines is 1. The third-order valence-corrected chi connectivity index (χ3v) is 10.9. The summed E-state index contributed by atoms with van der Waals surface area (Å²) in [6.07, 6.45) is 2.67. The van der Waals surface area contributed by atoms with Crippen molar-refractivity contribution in [1.29, 1.82) is 0 Å². The van der Waals surface area contributed by atoms with E-state index >= 15 is 0 Å². The molecule has 47 heavy (non-hydrogen) atoms. The molecule has 3 aliphatic carbocycles. The van der Waals surface area contributed by atoms with Crippen molar-refractivity contribution in [3.8, 4) is 17.4 Å². The highest BCUT2D eigenvalue weighted by molar-refractivity contribution is 5.96. The third-order valence-electron chi connectivity index (χ3n) is 10.9. The quantitative estimate of drug-likeness (QED) is 0.201. The van der Waals surface area contributed by atoms with E-state index in [0.717, 1.165) is 37.7 Å². The SMILES string of the molecule is COc1ccc(CCn2c(-c3nn[nH]n3)nc3cc(N/C(=N/[C@H]4C[C@H]5C[C@@H]([C@@H]4C)C5(C)C)N4CCN[C@@H](C)C4)ccc3c2=O)c(F)c1. The van der Waals surface area contributed by atoms with Gasteiger partial charge in [0.05, 0.1) is 24.1 Å². The molecule has 8 rings (SSSR count). The monoisotopic (exact) mass is 642 g/mol. The molecule has 0 unspecified atom stereocenters. The summed E-state index contributed by atoms with van der Waals surface area (Å²) in [6, 6.07) is 10.9. The molecule has 3 heterocycles. The average Bonchev–Trinajstić information content (AvgIpc) is 3.60. The highest BCUT2D eigenvalue weighted by Crippen LogP contribution is 2.61. The van der Waals surface area contributed by atoms with Crippen LogP contribution < -0.4 is 20.9 Å². The predicted octanol–water partition coefficient (Wildman–Crippen LogP) is 4.10. The van der Waals surface area contributed by atoms with Gasteiger partial charge in [-0.25, -0.2) is 14.4 Å². The van der Waals surface area contributed by atoms with E-state index in [-0.39, 0.29) is 36.2 Å². The summed E-state index contributed by atoms with van der Waals surface area (Å²) in [6.45, 7) is 12.1. The van der Waals surface area contributed by atoms with Crippen LogP contribution in [-0.2, 0) is 13.0 Å². The lowest BCUT2D eigenvalue weighted by Crippen LogP contribution is -2.57. The second kappa shape index (κ2) is 12.3. The van der Waals surface area contributed by atoms with E-state index in [1.54, 1.807) is 18.2 Å². The van der Waals surface area contributed by atoms with Crippen LogP contribution in [0.2, 0.25) is 0 Å². The van der Waals surface area contributed by atoms with E-state index < -0.39 is 5.82 Å². The Hall–Kier alpha value is -4.39. The van der Waals surface area contributed by atoms with E-state index in [0.29, 0.717) is 51.4 Å². The molecule has 2 aromatic heterocycles. The minimum absolute atomic E-state index is 0.172. The van der Waals surface area contributed by atoms with Crippen molar-refractivity contribution in [2.45, 2.75) is 65.6 Å². The van der Waals surface area contributed by atoms with Gasteiger partial charge in [0.2, 0.25) is 5.82 Å². The summed E-state index contributed by atoms with van der Waals surface area (Å²) in [4.78, 5) is 26.5. The van der Waals surface area contributed by atoms with E-state index in [1.165, 1.54) is 24.2 Å². The van der Waals surface area contributed by atoms with Gasteiger partial charge in [-0.3, -0.25) is 9.36 Å². The molecule has 1 aliphatic heterocycles. The Balaban J connectivity index is 1.21. The molecule has 5 atom stereocenters.